The molecule has 294 valence electrons. The van der Waals surface area contributed by atoms with E-state index in [1.54, 1.807) is 0 Å². The number of nitrogens with zero attached hydrogens (tertiary/aromatic N) is 2. The van der Waals surface area contributed by atoms with Crippen molar-refractivity contribution < 1.29 is 0 Å². The van der Waals surface area contributed by atoms with Crippen molar-refractivity contribution in [1.29, 1.82) is 0 Å². The number of hydrogen-bond donors (Lipinski definition) is 0. The summed E-state index contributed by atoms with van der Waals surface area (Å²) in [5.41, 5.74) is 21.6. The molecule has 10 aromatic carbocycles. The second-order valence-electron chi connectivity index (χ2n) is 16.8. The summed E-state index contributed by atoms with van der Waals surface area (Å²) in [6.07, 6.45) is 0. The molecule has 1 spiro atoms. The zero-order chi connectivity index (χ0) is 41.5. The molecule has 13 rings (SSSR count). The Labute approximate surface area is 367 Å². The standard InChI is InChI=1S/C61H40N2/c1-4-17-41(18-5-1)43-31-35-46(36-32-43)62(47-37-33-44(34-38-47)42-19-6-2-7-20-42)57-30-16-28-55-58(57)52-25-11-14-27-54(52)61(55)53-26-13-10-23-48(53)50-39-40-51-49-24-12-15-29-56(49)63(60(51)59(50)61)45-21-8-3-9-22-45/h1-40H. The Morgan fingerprint density at radius 3 is 1.49 bits per heavy atom. The van der Waals surface area contributed by atoms with E-state index in [0.717, 1.165) is 22.7 Å². The van der Waals surface area contributed by atoms with Gasteiger partial charge in [-0.2, -0.15) is 0 Å². The average Bonchev–Trinajstić information content (AvgIpc) is 3.97. The second-order valence-corrected chi connectivity index (χ2v) is 16.8. The summed E-state index contributed by atoms with van der Waals surface area (Å²) < 4.78 is 2.52. The highest BCUT2D eigenvalue weighted by atomic mass is 15.1. The number of fused-ring (bicyclic) bond motifs is 14. The van der Waals surface area contributed by atoms with Crippen molar-refractivity contribution in [2.24, 2.45) is 0 Å². The van der Waals surface area contributed by atoms with Gasteiger partial charge in [0.05, 0.1) is 22.1 Å². The van der Waals surface area contributed by atoms with Crippen LogP contribution < -0.4 is 4.90 Å². The van der Waals surface area contributed by atoms with E-state index in [1.165, 1.54) is 88.6 Å². The third-order valence-electron chi connectivity index (χ3n) is 13.6. The lowest BCUT2D eigenvalue weighted by molar-refractivity contribution is 0.797. The highest BCUT2D eigenvalue weighted by Crippen LogP contribution is 2.66. The van der Waals surface area contributed by atoms with Gasteiger partial charge in [0.1, 0.15) is 0 Å². The summed E-state index contributed by atoms with van der Waals surface area (Å²) in [7, 11) is 0. The zero-order valence-electron chi connectivity index (χ0n) is 34.5. The van der Waals surface area contributed by atoms with Crippen LogP contribution in [-0.4, -0.2) is 4.57 Å². The van der Waals surface area contributed by atoms with Crippen LogP contribution in [0.4, 0.5) is 17.1 Å². The lowest BCUT2D eigenvalue weighted by Gasteiger charge is -2.32. The lowest BCUT2D eigenvalue weighted by Crippen LogP contribution is -2.27. The predicted octanol–water partition coefficient (Wildman–Crippen LogP) is 15.9. The Kier molecular flexibility index (Phi) is 7.85. The van der Waals surface area contributed by atoms with Crippen molar-refractivity contribution in [2.45, 2.75) is 5.41 Å². The van der Waals surface area contributed by atoms with E-state index < -0.39 is 5.41 Å². The van der Waals surface area contributed by atoms with Gasteiger partial charge in [0.15, 0.2) is 0 Å². The molecule has 0 saturated carbocycles. The van der Waals surface area contributed by atoms with Crippen LogP contribution >= 0.6 is 0 Å². The van der Waals surface area contributed by atoms with E-state index in [0.29, 0.717) is 0 Å². The largest absolute Gasteiger partial charge is 0.310 e. The minimum Gasteiger partial charge on any atom is -0.310 e. The smallest absolute Gasteiger partial charge is 0.0747 e. The number of para-hydroxylation sites is 2. The summed E-state index contributed by atoms with van der Waals surface area (Å²) in [5, 5.41) is 2.52. The van der Waals surface area contributed by atoms with Crippen LogP contribution in [0.3, 0.4) is 0 Å². The fourth-order valence-electron chi connectivity index (χ4n) is 11.0. The van der Waals surface area contributed by atoms with Gasteiger partial charge in [-0.05, 0) is 104 Å². The van der Waals surface area contributed by atoms with Crippen LogP contribution in [0.15, 0.2) is 243 Å². The van der Waals surface area contributed by atoms with Gasteiger partial charge in [0.25, 0.3) is 0 Å². The molecular formula is C61H40N2. The van der Waals surface area contributed by atoms with Gasteiger partial charge in [-0.15, -0.1) is 0 Å². The van der Waals surface area contributed by atoms with Crippen LogP contribution in [0, 0.1) is 0 Å². The fraction of sp³-hybridized carbons (Fsp3) is 0.0164. The van der Waals surface area contributed by atoms with Gasteiger partial charge in [-0.1, -0.05) is 194 Å². The molecule has 0 fully saturated rings. The van der Waals surface area contributed by atoms with E-state index >= 15 is 0 Å². The topological polar surface area (TPSA) is 8.17 Å². The molecule has 0 radical (unpaired) electrons. The lowest BCUT2D eigenvalue weighted by atomic mass is 9.70. The molecule has 63 heavy (non-hydrogen) atoms. The molecule has 0 N–H and O–H groups in total. The molecule has 1 unspecified atom stereocenters. The van der Waals surface area contributed by atoms with Crippen molar-refractivity contribution in [3.63, 3.8) is 0 Å². The van der Waals surface area contributed by atoms with Crippen LogP contribution in [0.5, 0.6) is 0 Å². The molecule has 2 heteroatoms. The summed E-state index contributed by atoms with van der Waals surface area (Å²) in [6, 6.07) is 89.5. The molecule has 2 aliphatic carbocycles. The van der Waals surface area contributed by atoms with Crippen molar-refractivity contribution in [1.82, 2.24) is 4.57 Å². The van der Waals surface area contributed by atoms with Gasteiger partial charge in [0, 0.05) is 39.0 Å². The molecule has 0 bridgehead atoms. The molecule has 0 aliphatic heterocycles. The molecule has 1 aromatic heterocycles. The van der Waals surface area contributed by atoms with Crippen molar-refractivity contribution >= 4 is 38.9 Å². The van der Waals surface area contributed by atoms with E-state index in [-0.39, 0.29) is 0 Å². The summed E-state index contributed by atoms with van der Waals surface area (Å²) in [5.74, 6) is 0. The van der Waals surface area contributed by atoms with Crippen molar-refractivity contribution in [2.75, 3.05) is 4.90 Å². The SMILES string of the molecule is c1ccc(-c2ccc(N(c3ccc(-c4ccccc4)cc3)c3cccc4c3-c3ccccc3C43c4ccccc4-c4ccc5c6ccccc6n(-c6ccccc6)c5c43)cc2)cc1. The van der Waals surface area contributed by atoms with Gasteiger partial charge in [-0.3, -0.25) is 0 Å². The molecular weight excluding hydrogens is 761 g/mol. The van der Waals surface area contributed by atoms with Crippen LogP contribution in [-0.2, 0) is 5.41 Å². The molecule has 0 saturated heterocycles. The maximum atomic E-state index is 2.52. The quantitative estimate of drug-likeness (QED) is 0.163. The van der Waals surface area contributed by atoms with Gasteiger partial charge in [0.2, 0.25) is 0 Å². The first-order chi connectivity index (χ1) is 31.3. The first-order valence-corrected chi connectivity index (χ1v) is 21.9. The Balaban J connectivity index is 1.11. The number of anilines is 3. The van der Waals surface area contributed by atoms with Crippen molar-refractivity contribution in [3.8, 4) is 50.2 Å². The molecule has 2 aliphatic rings. The fourth-order valence-corrected chi connectivity index (χ4v) is 11.0. The van der Waals surface area contributed by atoms with E-state index in [4.69, 9.17) is 0 Å². The highest BCUT2D eigenvalue weighted by molar-refractivity contribution is 6.15. The Bertz CT molecular complexity index is 3450. The van der Waals surface area contributed by atoms with Gasteiger partial charge in [-0.25, -0.2) is 0 Å². The average molecular weight is 801 g/mol. The predicted molar refractivity (Wildman–Crippen MR) is 263 cm³/mol. The maximum Gasteiger partial charge on any atom is 0.0747 e. The van der Waals surface area contributed by atoms with Gasteiger partial charge < -0.3 is 9.47 Å². The number of rotatable bonds is 6. The summed E-state index contributed by atoms with van der Waals surface area (Å²) in [6.45, 7) is 0. The van der Waals surface area contributed by atoms with Gasteiger partial charge >= 0.3 is 0 Å². The highest BCUT2D eigenvalue weighted by Gasteiger charge is 2.54. The number of benzene rings is 10. The molecule has 11 aromatic rings. The molecule has 0 amide bonds. The Morgan fingerprint density at radius 1 is 0.333 bits per heavy atom. The van der Waals surface area contributed by atoms with E-state index in [9.17, 15) is 0 Å². The minimum absolute atomic E-state index is 0.589. The van der Waals surface area contributed by atoms with Crippen LogP contribution in [0.1, 0.15) is 22.3 Å². The van der Waals surface area contributed by atoms with E-state index in [2.05, 4.69) is 252 Å². The monoisotopic (exact) mass is 800 g/mol. The number of aromatic nitrogens is 1. The normalized spacial score (nSPS) is 14.4. The minimum atomic E-state index is -0.589. The molecule has 2 nitrogen and oxygen atoms in total. The van der Waals surface area contributed by atoms with Crippen molar-refractivity contribution in [3.05, 3.63) is 265 Å². The third kappa shape index (κ3) is 5.13. The second kappa shape index (κ2) is 13.9. The first-order valence-electron chi connectivity index (χ1n) is 21.9. The first kappa shape index (κ1) is 35.5. The maximum absolute atomic E-state index is 2.52. The molecule has 1 heterocycles. The Morgan fingerprint density at radius 2 is 0.841 bits per heavy atom. The van der Waals surface area contributed by atoms with Crippen LogP contribution in [0.25, 0.3) is 72.0 Å². The zero-order valence-corrected chi connectivity index (χ0v) is 34.5. The Hall–Kier alpha value is -8.20. The summed E-state index contributed by atoms with van der Waals surface area (Å²) >= 11 is 0. The summed E-state index contributed by atoms with van der Waals surface area (Å²) in [4.78, 5) is 2.47. The number of hydrogen-bond acceptors (Lipinski definition) is 1. The molecule has 1 atom stereocenters. The van der Waals surface area contributed by atoms with Crippen LogP contribution in [0.2, 0.25) is 0 Å². The third-order valence-corrected chi connectivity index (χ3v) is 13.6. The van der Waals surface area contributed by atoms with E-state index in [1.807, 2.05) is 0 Å².